The van der Waals surface area contributed by atoms with Crippen LogP contribution in [0.5, 0.6) is 0 Å². The van der Waals surface area contributed by atoms with Crippen molar-refractivity contribution >= 4 is 28.5 Å². The molecule has 1 aromatic carbocycles. The standard InChI is InChI=1S/C12H12ClNO2.Na/c1-7-3-9-5-8(2)14(6-11(15)16)12(9)10(13)4-7;/h3-5H,6H2,1-2H3,(H,15,16);/q;+1/p-1. The van der Waals surface area contributed by atoms with Gasteiger partial charge in [-0.15, -0.1) is 0 Å². The summed E-state index contributed by atoms with van der Waals surface area (Å²) in [4.78, 5) is 10.7. The largest absolute Gasteiger partial charge is 1.00 e. The Balaban J connectivity index is 0.00000144. The van der Waals surface area contributed by atoms with Crippen LogP contribution in [0.2, 0.25) is 5.02 Å². The van der Waals surface area contributed by atoms with Gasteiger partial charge in [0.05, 0.1) is 23.1 Å². The van der Waals surface area contributed by atoms with E-state index in [-0.39, 0.29) is 36.1 Å². The molecule has 0 saturated heterocycles. The maximum Gasteiger partial charge on any atom is 1.00 e. The maximum atomic E-state index is 10.7. The summed E-state index contributed by atoms with van der Waals surface area (Å²) in [5, 5.41) is 12.2. The molecule has 0 aliphatic heterocycles. The molecule has 0 aliphatic carbocycles. The number of carboxylic acid groups (broad SMARTS) is 1. The summed E-state index contributed by atoms with van der Waals surface area (Å²) >= 11 is 6.13. The normalized spacial score (nSPS) is 10.3. The van der Waals surface area contributed by atoms with Crippen LogP contribution in [-0.4, -0.2) is 10.5 Å². The zero-order valence-corrected chi connectivity index (χ0v) is 12.8. The minimum atomic E-state index is -1.11. The average molecular weight is 260 g/mol. The van der Waals surface area contributed by atoms with Gasteiger partial charge in [-0.25, -0.2) is 0 Å². The van der Waals surface area contributed by atoms with Crippen LogP contribution in [0.25, 0.3) is 10.9 Å². The summed E-state index contributed by atoms with van der Waals surface area (Å²) < 4.78 is 1.66. The van der Waals surface area contributed by atoms with Crippen molar-refractivity contribution in [1.29, 1.82) is 0 Å². The Bertz CT molecular complexity index is 577. The molecule has 0 saturated carbocycles. The van der Waals surface area contributed by atoms with Gasteiger partial charge >= 0.3 is 29.6 Å². The fraction of sp³-hybridized carbons (Fsp3) is 0.250. The Hall–Kier alpha value is -0.480. The molecule has 0 atom stereocenters. The van der Waals surface area contributed by atoms with Crippen molar-refractivity contribution in [2.24, 2.45) is 0 Å². The van der Waals surface area contributed by atoms with Gasteiger partial charge in [-0.05, 0) is 37.6 Å². The monoisotopic (exact) mass is 259 g/mol. The molecular weight excluding hydrogens is 249 g/mol. The average Bonchev–Trinajstić information content (AvgIpc) is 2.41. The van der Waals surface area contributed by atoms with Crippen LogP contribution in [0.3, 0.4) is 0 Å². The number of carboxylic acids is 1. The molecule has 2 aromatic rings. The van der Waals surface area contributed by atoms with Gasteiger partial charge in [-0.2, -0.15) is 0 Å². The number of hydrogen-bond donors (Lipinski definition) is 0. The Labute approximate surface area is 127 Å². The number of fused-ring (bicyclic) bond motifs is 1. The zero-order valence-electron chi connectivity index (χ0n) is 10.1. The van der Waals surface area contributed by atoms with E-state index in [9.17, 15) is 9.90 Å². The molecule has 0 fully saturated rings. The molecular formula is C12H11ClNNaO2. The number of halogens is 1. The molecule has 17 heavy (non-hydrogen) atoms. The first-order valence-electron chi connectivity index (χ1n) is 4.95. The van der Waals surface area contributed by atoms with Crippen molar-refractivity contribution in [2.45, 2.75) is 20.4 Å². The number of aryl methyl sites for hydroxylation is 2. The number of benzene rings is 1. The summed E-state index contributed by atoms with van der Waals surface area (Å²) in [6, 6.07) is 5.74. The smallest absolute Gasteiger partial charge is 0.548 e. The van der Waals surface area contributed by atoms with Gasteiger partial charge in [-0.3, -0.25) is 0 Å². The second-order valence-corrected chi connectivity index (χ2v) is 4.34. The molecule has 1 heterocycles. The molecule has 1 aromatic heterocycles. The number of aliphatic carboxylic acids is 1. The van der Waals surface area contributed by atoms with Crippen LogP contribution in [0.1, 0.15) is 11.3 Å². The number of rotatable bonds is 2. The Morgan fingerprint density at radius 1 is 1.35 bits per heavy atom. The summed E-state index contributed by atoms with van der Waals surface area (Å²) in [6.07, 6.45) is 0. The van der Waals surface area contributed by atoms with Crippen molar-refractivity contribution in [3.05, 3.63) is 34.5 Å². The van der Waals surface area contributed by atoms with E-state index in [1.54, 1.807) is 4.57 Å². The van der Waals surface area contributed by atoms with E-state index in [0.29, 0.717) is 5.02 Å². The Kier molecular flexibility index (Phi) is 4.67. The first-order chi connectivity index (χ1) is 7.49. The molecule has 0 unspecified atom stereocenters. The Morgan fingerprint density at radius 2 is 2.00 bits per heavy atom. The van der Waals surface area contributed by atoms with E-state index in [2.05, 4.69) is 0 Å². The predicted octanol–water partition coefficient (Wildman–Crippen LogP) is -1.33. The second-order valence-electron chi connectivity index (χ2n) is 3.93. The van der Waals surface area contributed by atoms with E-state index in [1.807, 2.05) is 32.0 Å². The van der Waals surface area contributed by atoms with E-state index in [4.69, 9.17) is 11.6 Å². The first kappa shape index (κ1) is 14.6. The molecule has 0 N–H and O–H groups in total. The minimum absolute atomic E-state index is 0. The predicted molar refractivity (Wildman–Crippen MR) is 61.4 cm³/mol. The molecule has 0 bridgehead atoms. The zero-order chi connectivity index (χ0) is 11.9. The molecule has 0 amide bonds. The number of aromatic nitrogens is 1. The molecule has 5 heteroatoms. The van der Waals surface area contributed by atoms with Gasteiger partial charge < -0.3 is 14.5 Å². The molecule has 84 valence electrons. The number of hydrogen-bond acceptors (Lipinski definition) is 2. The fourth-order valence-corrected chi connectivity index (χ4v) is 2.35. The first-order valence-corrected chi connectivity index (χ1v) is 5.32. The van der Waals surface area contributed by atoms with Crippen molar-refractivity contribution in [3.8, 4) is 0 Å². The van der Waals surface area contributed by atoms with Crippen molar-refractivity contribution < 1.29 is 39.5 Å². The van der Waals surface area contributed by atoms with Crippen LogP contribution in [-0.2, 0) is 11.3 Å². The van der Waals surface area contributed by atoms with Gasteiger partial charge in [-0.1, -0.05) is 11.6 Å². The number of carbonyl (C=O) groups is 1. The van der Waals surface area contributed by atoms with Crippen molar-refractivity contribution in [2.75, 3.05) is 0 Å². The molecule has 0 spiro atoms. The molecule has 2 rings (SSSR count). The third-order valence-corrected chi connectivity index (χ3v) is 2.87. The maximum absolute atomic E-state index is 10.7. The quantitative estimate of drug-likeness (QED) is 0.627. The SMILES string of the molecule is Cc1cc(Cl)c2c(c1)cc(C)n2CC(=O)[O-].[Na+]. The molecule has 0 aliphatic rings. The molecule has 0 radical (unpaired) electrons. The van der Waals surface area contributed by atoms with Gasteiger partial charge in [0.15, 0.2) is 0 Å². The van der Waals surface area contributed by atoms with Crippen LogP contribution in [0.15, 0.2) is 18.2 Å². The van der Waals surface area contributed by atoms with Crippen molar-refractivity contribution in [1.82, 2.24) is 4.57 Å². The summed E-state index contributed by atoms with van der Waals surface area (Å²) in [6.45, 7) is 3.64. The number of carbonyl (C=O) groups excluding carboxylic acids is 1. The van der Waals surface area contributed by atoms with Crippen LogP contribution >= 0.6 is 11.6 Å². The van der Waals surface area contributed by atoms with Crippen LogP contribution in [0.4, 0.5) is 0 Å². The van der Waals surface area contributed by atoms with Crippen molar-refractivity contribution in [3.63, 3.8) is 0 Å². The number of nitrogens with zero attached hydrogens (tertiary/aromatic N) is 1. The van der Waals surface area contributed by atoms with Gasteiger partial charge in [0, 0.05) is 11.1 Å². The topological polar surface area (TPSA) is 45.1 Å². The van der Waals surface area contributed by atoms with Gasteiger partial charge in [0.2, 0.25) is 0 Å². The summed E-state index contributed by atoms with van der Waals surface area (Å²) in [5.41, 5.74) is 2.68. The summed E-state index contributed by atoms with van der Waals surface area (Å²) in [5.74, 6) is -1.11. The van der Waals surface area contributed by atoms with E-state index in [1.165, 1.54) is 0 Å². The van der Waals surface area contributed by atoms with E-state index < -0.39 is 5.97 Å². The van der Waals surface area contributed by atoms with Crippen LogP contribution in [0, 0.1) is 13.8 Å². The summed E-state index contributed by atoms with van der Waals surface area (Å²) in [7, 11) is 0. The Morgan fingerprint density at radius 3 is 2.59 bits per heavy atom. The van der Waals surface area contributed by atoms with E-state index >= 15 is 0 Å². The molecule has 3 nitrogen and oxygen atoms in total. The van der Waals surface area contributed by atoms with E-state index in [0.717, 1.165) is 22.2 Å². The van der Waals surface area contributed by atoms with Gasteiger partial charge in [0.25, 0.3) is 0 Å². The fourth-order valence-electron chi connectivity index (χ4n) is 1.97. The van der Waals surface area contributed by atoms with Crippen LogP contribution < -0.4 is 34.7 Å². The van der Waals surface area contributed by atoms with Gasteiger partial charge in [0.1, 0.15) is 0 Å². The third-order valence-electron chi connectivity index (χ3n) is 2.58. The second kappa shape index (κ2) is 5.44. The third kappa shape index (κ3) is 2.86. The minimum Gasteiger partial charge on any atom is -0.548 e.